The number of rotatable bonds is 10. The zero-order chi connectivity index (χ0) is 25.5. The minimum absolute atomic E-state index is 0.433. The third-order valence-corrected chi connectivity index (χ3v) is 7.92. The van der Waals surface area contributed by atoms with Crippen molar-refractivity contribution >= 4 is 16.5 Å². The van der Waals surface area contributed by atoms with E-state index in [2.05, 4.69) is 99.7 Å². The molecule has 1 aliphatic heterocycles. The topological polar surface area (TPSA) is 31.1 Å². The number of H-pyrrole nitrogens is 1. The third kappa shape index (κ3) is 6.38. The Kier molecular flexibility index (Phi) is 9.63. The van der Waals surface area contributed by atoms with Gasteiger partial charge in [0.15, 0.2) is 0 Å². The van der Waals surface area contributed by atoms with Gasteiger partial charge in [0.25, 0.3) is 0 Å². The van der Waals surface area contributed by atoms with Crippen molar-refractivity contribution in [3.8, 4) is 0 Å². The van der Waals surface area contributed by atoms with Gasteiger partial charge in [0, 0.05) is 35.9 Å². The first-order valence-corrected chi connectivity index (χ1v) is 13.5. The molecule has 0 radical (unpaired) electrons. The molecule has 3 heteroatoms. The standard InChI is InChI=1S/C32H47N3/c1-9-12-27(19-24(7)23(6)10-2)32-31(22(4)5)29-20-26(13-14-30(29)34-32)25-15-17-35(18-16-25)21-28(11-3)33-8/h9,11-14,19-20,22-23,25,33-34H,1,10,15-18,21H2,2-8H3/b24-19-,27-12+,28-11-/t23-/m1/s1. The Balaban J connectivity index is 1.93. The van der Waals surface area contributed by atoms with Gasteiger partial charge < -0.3 is 10.3 Å². The fourth-order valence-corrected chi connectivity index (χ4v) is 5.33. The third-order valence-electron chi connectivity index (χ3n) is 7.92. The van der Waals surface area contributed by atoms with Crippen LogP contribution < -0.4 is 5.32 Å². The summed E-state index contributed by atoms with van der Waals surface area (Å²) in [4.78, 5) is 6.36. The first-order valence-electron chi connectivity index (χ1n) is 13.5. The maximum absolute atomic E-state index is 4.01. The number of aromatic nitrogens is 1. The second-order valence-corrected chi connectivity index (χ2v) is 10.5. The van der Waals surface area contributed by atoms with Gasteiger partial charge in [0.05, 0.1) is 0 Å². The van der Waals surface area contributed by atoms with Crippen molar-refractivity contribution in [2.75, 3.05) is 26.7 Å². The van der Waals surface area contributed by atoms with E-state index in [1.54, 1.807) is 0 Å². The number of hydrogen-bond acceptors (Lipinski definition) is 2. The van der Waals surface area contributed by atoms with Crippen molar-refractivity contribution in [2.45, 2.75) is 72.6 Å². The molecule has 1 aromatic heterocycles. The number of aromatic amines is 1. The molecular formula is C32H47N3. The van der Waals surface area contributed by atoms with Gasteiger partial charge in [-0.05, 0) is 92.8 Å². The van der Waals surface area contributed by atoms with E-state index in [-0.39, 0.29) is 0 Å². The van der Waals surface area contributed by atoms with E-state index in [1.165, 1.54) is 57.4 Å². The predicted octanol–water partition coefficient (Wildman–Crippen LogP) is 8.16. The second-order valence-electron chi connectivity index (χ2n) is 10.5. The highest BCUT2D eigenvalue weighted by Gasteiger charge is 2.23. The first kappa shape index (κ1) is 27.1. The Labute approximate surface area is 214 Å². The highest BCUT2D eigenvalue weighted by molar-refractivity contribution is 5.92. The summed E-state index contributed by atoms with van der Waals surface area (Å²) in [5, 5.41) is 4.70. The summed E-state index contributed by atoms with van der Waals surface area (Å²) in [7, 11) is 2.02. The molecule has 0 saturated carbocycles. The average molecular weight is 474 g/mol. The summed E-state index contributed by atoms with van der Waals surface area (Å²) in [6, 6.07) is 7.14. The average Bonchev–Trinajstić information content (AvgIpc) is 3.25. The number of nitrogens with one attached hydrogen (secondary N) is 2. The maximum Gasteiger partial charge on any atom is 0.0499 e. The molecule has 1 atom stereocenters. The lowest BCUT2D eigenvalue weighted by Crippen LogP contribution is -2.36. The summed E-state index contributed by atoms with van der Waals surface area (Å²) < 4.78 is 0. The van der Waals surface area contributed by atoms with Crippen LogP contribution in [0.3, 0.4) is 0 Å². The smallest absolute Gasteiger partial charge is 0.0499 e. The molecule has 35 heavy (non-hydrogen) atoms. The minimum atomic E-state index is 0.433. The Bertz CT molecular complexity index is 1090. The van der Waals surface area contributed by atoms with Gasteiger partial charge in [-0.3, -0.25) is 4.90 Å². The van der Waals surface area contributed by atoms with Crippen LogP contribution in [0.25, 0.3) is 16.5 Å². The van der Waals surface area contributed by atoms with Gasteiger partial charge in [-0.2, -0.15) is 0 Å². The molecule has 2 aromatic rings. The van der Waals surface area contributed by atoms with E-state index in [4.69, 9.17) is 0 Å². The number of fused-ring (bicyclic) bond motifs is 1. The summed E-state index contributed by atoms with van der Waals surface area (Å²) >= 11 is 0. The van der Waals surface area contributed by atoms with Crippen LogP contribution >= 0.6 is 0 Å². The van der Waals surface area contributed by atoms with Gasteiger partial charge in [0.2, 0.25) is 0 Å². The highest BCUT2D eigenvalue weighted by atomic mass is 15.1. The van der Waals surface area contributed by atoms with Gasteiger partial charge in [-0.25, -0.2) is 0 Å². The molecule has 1 aliphatic rings. The minimum Gasteiger partial charge on any atom is -0.391 e. The molecule has 1 aromatic carbocycles. The molecule has 1 saturated heterocycles. The number of piperidine rings is 1. The van der Waals surface area contributed by atoms with Crippen LogP contribution in [0.15, 0.2) is 60.4 Å². The van der Waals surface area contributed by atoms with Crippen molar-refractivity contribution < 1.29 is 0 Å². The van der Waals surface area contributed by atoms with Crippen molar-refractivity contribution in [2.24, 2.45) is 5.92 Å². The molecule has 3 nitrogen and oxygen atoms in total. The lowest BCUT2D eigenvalue weighted by molar-refractivity contribution is 0.225. The molecule has 0 bridgehead atoms. The predicted molar refractivity (Wildman–Crippen MR) is 155 cm³/mol. The lowest BCUT2D eigenvalue weighted by atomic mass is 9.87. The van der Waals surface area contributed by atoms with E-state index in [0.717, 1.165) is 26.1 Å². The molecule has 2 heterocycles. The second kappa shape index (κ2) is 12.4. The summed E-state index contributed by atoms with van der Waals surface area (Å²) in [5.41, 5.74) is 9.36. The fraction of sp³-hybridized carbons (Fsp3) is 0.500. The van der Waals surface area contributed by atoms with Crippen LogP contribution in [0.2, 0.25) is 0 Å². The van der Waals surface area contributed by atoms with E-state index in [9.17, 15) is 0 Å². The molecule has 2 N–H and O–H groups in total. The quantitative estimate of drug-likeness (QED) is 0.341. The van der Waals surface area contributed by atoms with E-state index >= 15 is 0 Å². The number of benzene rings is 1. The zero-order valence-electron chi connectivity index (χ0n) is 23.2. The Hall–Kier alpha value is -2.52. The van der Waals surface area contributed by atoms with Crippen LogP contribution in [-0.4, -0.2) is 36.6 Å². The van der Waals surface area contributed by atoms with Gasteiger partial charge in [0.1, 0.15) is 0 Å². The maximum atomic E-state index is 4.01. The van der Waals surface area contributed by atoms with E-state index in [1.807, 2.05) is 13.1 Å². The van der Waals surface area contributed by atoms with Gasteiger partial charge in [-0.1, -0.05) is 70.2 Å². The zero-order valence-corrected chi connectivity index (χ0v) is 23.2. The van der Waals surface area contributed by atoms with Crippen LogP contribution in [0.5, 0.6) is 0 Å². The first-order chi connectivity index (χ1) is 16.8. The number of likely N-dealkylation sites (N-methyl/N-ethyl adjacent to an activating group) is 1. The largest absolute Gasteiger partial charge is 0.391 e. The Morgan fingerprint density at radius 1 is 1.23 bits per heavy atom. The SMILES string of the molecule is C=C/C=C(\C=C(\C)[C@H](C)CC)c1[nH]c2ccc(C3CCN(C/C(=C/C)NC)CC3)cc2c1C(C)C. The molecular weight excluding hydrogens is 426 g/mol. The van der Waals surface area contributed by atoms with Crippen molar-refractivity contribution in [1.29, 1.82) is 0 Å². The number of likely N-dealkylation sites (tertiary alicyclic amines) is 1. The Morgan fingerprint density at radius 2 is 1.94 bits per heavy atom. The number of allylic oxidation sites excluding steroid dienone is 6. The van der Waals surface area contributed by atoms with E-state index in [0.29, 0.717) is 17.8 Å². The number of hydrogen-bond donors (Lipinski definition) is 2. The Morgan fingerprint density at radius 3 is 2.51 bits per heavy atom. The van der Waals surface area contributed by atoms with Crippen LogP contribution in [0, 0.1) is 5.92 Å². The monoisotopic (exact) mass is 473 g/mol. The highest BCUT2D eigenvalue weighted by Crippen LogP contribution is 2.37. The summed E-state index contributed by atoms with van der Waals surface area (Å²) in [6.45, 7) is 20.9. The summed E-state index contributed by atoms with van der Waals surface area (Å²) in [5.74, 6) is 1.64. The molecule has 3 rings (SSSR count). The molecule has 0 aliphatic carbocycles. The molecule has 1 fully saturated rings. The molecule has 190 valence electrons. The normalized spacial score (nSPS) is 17.9. The van der Waals surface area contributed by atoms with Crippen LogP contribution in [0.1, 0.15) is 89.5 Å². The van der Waals surface area contributed by atoms with Crippen molar-refractivity contribution in [3.05, 3.63) is 77.2 Å². The van der Waals surface area contributed by atoms with Gasteiger partial charge in [-0.15, -0.1) is 0 Å². The van der Waals surface area contributed by atoms with Crippen LogP contribution in [0.4, 0.5) is 0 Å². The number of nitrogens with zero attached hydrogens (tertiary/aromatic N) is 1. The molecule has 0 spiro atoms. The van der Waals surface area contributed by atoms with E-state index < -0.39 is 0 Å². The molecule has 0 unspecified atom stereocenters. The van der Waals surface area contributed by atoms with Crippen molar-refractivity contribution in [3.63, 3.8) is 0 Å². The summed E-state index contributed by atoms with van der Waals surface area (Å²) in [6.07, 6.45) is 12.2. The van der Waals surface area contributed by atoms with Gasteiger partial charge >= 0.3 is 0 Å². The van der Waals surface area contributed by atoms with Crippen LogP contribution in [-0.2, 0) is 0 Å². The lowest BCUT2D eigenvalue weighted by Gasteiger charge is -2.32. The molecule has 0 amide bonds. The fourth-order valence-electron chi connectivity index (χ4n) is 5.33. The van der Waals surface area contributed by atoms with Crippen molar-refractivity contribution in [1.82, 2.24) is 15.2 Å².